The number of thiophene rings is 1. The fraction of sp³-hybridized carbons (Fsp3) is 0.292. The lowest BCUT2D eigenvalue weighted by molar-refractivity contribution is 0.0936. The highest BCUT2D eigenvalue weighted by atomic mass is 32.1. The number of rotatable bonds is 5. The van der Waals surface area contributed by atoms with Gasteiger partial charge in [-0.2, -0.15) is 0 Å². The molecule has 1 saturated heterocycles. The molecular weight excluding hydrogens is 380 g/mol. The Morgan fingerprint density at radius 3 is 2.38 bits per heavy atom. The molecule has 2 aromatic carbocycles. The van der Waals surface area contributed by atoms with Crippen LogP contribution < -0.4 is 15.0 Å². The molecule has 0 saturated carbocycles. The van der Waals surface area contributed by atoms with Gasteiger partial charge >= 0.3 is 0 Å². The van der Waals surface area contributed by atoms with Crippen LogP contribution in [-0.4, -0.2) is 32.1 Å². The average molecular weight is 407 g/mol. The van der Waals surface area contributed by atoms with Crippen molar-refractivity contribution in [3.8, 4) is 16.9 Å². The van der Waals surface area contributed by atoms with Crippen molar-refractivity contribution in [3.63, 3.8) is 0 Å². The fourth-order valence-electron chi connectivity index (χ4n) is 3.77. The number of carbonyl (C=O) groups is 1. The molecule has 0 spiro atoms. The van der Waals surface area contributed by atoms with Crippen molar-refractivity contribution in [3.05, 3.63) is 70.4 Å². The number of hydrogen-bond donors (Lipinski definition) is 1. The third-order valence-electron chi connectivity index (χ3n) is 5.50. The van der Waals surface area contributed by atoms with E-state index in [0.717, 1.165) is 47.7 Å². The van der Waals surface area contributed by atoms with Crippen molar-refractivity contribution in [2.75, 3.05) is 25.1 Å². The molecule has 1 N–H and O–H groups in total. The molecule has 0 aliphatic carbocycles. The second-order valence-corrected chi connectivity index (χ2v) is 8.38. The molecule has 1 amide bonds. The molecule has 0 unspecified atom stereocenters. The molecule has 4 rings (SSSR count). The van der Waals surface area contributed by atoms with Gasteiger partial charge in [-0.1, -0.05) is 29.8 Å². The molecule has 0 bridgehead atoms. The van der Waals surface area contributed by atoms with Gasteiger partial charge in [0.25, 0.3) is 5.91 Å². The number of benzene rings is 2. The van der Waals surface area contributed by atoms with Gasteiger partial charge in [-0.3, -0.25) is 4.79 Å². The quantitative estimate of drug-likeness (QED) is 0.639. The van der Waals surface area contributed by atoms with Crippen LogP contribution in [0.2, 0.25) is 0 Å². The van der Waals surface area contributed by atoms with Crippen LogP contribution in [0.15, 0.2) is 60.0 Å². The number of aryl methyl sites for hydroxylation is 1. The Balaban J connectivity index is 1.37. The van der Waals surface area contributed by atoms with E-state index in [0.29, 0.717) is 0 Å². The SMILES string of the molecule is COc1ccc(N2CCC(NC(=O)c3sccc3-c3ccc(C)cc3)CC2)cc1. The first-order valence-corrected chi connectivity index (χ1v) is 10.9. The largest absolute Gasteiger partial charge is 0.497 e. The molecule has 1 fully saturated rings. The van der Waals surface area contributed by atoms with Gasteiger partial charge < -0.3 is 15.0 Å². The minimum atomic E-state index is 0.0403. The number of nitrogens with one attached hydrogen (secondary N) is 1. The summed E-state index contributed by atoms with van der Waals surface area (Å²) in [5, 5.41) is 5.25. The zero-order valence-corrected chi connectivity index (χ0v) is 17.7. The zero-order chi connectivity index (χ0) is 20.2. The Morgan fingerprint density at radius 1 is 1.03 bits per heavy atom. The third-order valence-corrected chi connectivity index (χ3v) is 6.41. The second kappa shape index (κ2) is 8.70. The molecular formula is C24H26N2O2S. The Bertz CT molecular complexity index is 955. The van der Waals surface area contributed by atoms with E-state index in [1.165, 1.54) is 22.6 Å². The number of ether oxygens (including phenoxy) is 1. The van der Waals surface area contributed by atoms with Gasteiger partial charge in [-0.15, -0.1) is 11.3 Å². The van der Waals surface area contributed by atoms with Crippen molar-refractivity contribution in [1.82, 2.24) is 5.32 Å². The molecule has 4 nitrogen and oxygen atoms in total. The van der Waals surface area contributed by atoms with Crippen LogP contribution in [-0.2, 0) is 0 Å². The highest BCUT2D eigenvalue weighted by Gasteiger charge is 2.23. The van der Waals surface area contributed by atoms with Gasteiger partial charge in [0, 0.05) is 30.4 Å². The molecule has 3 aromatic rings. The van der Waals surface area contributed by atoms with Crippen LogP contribution in [0.25, 0.3) is 11.1 Å². The maximum Gasteiger partial charge on any atom is 0.262 e. The van der Waals surface area contributed by atoms with E-state index in [2.05, 4.69) is 53.5 Å². The first kappa shape index (κ1) is 19.5. The summed E-state index contributed by atoms with van der Waals surface area (Å²) in [6.45, 7) is 3.95. The first-order chi connectivity index (χ1) is 14.1. The van der Waals surface area contributed by atoms with Crippen molar-refractivity contribution >= 4 is 22.9 Å². The lowest BCUT2D eigenvalue weighted by Crippen LogP contribution is -2.44. The van der Waals surface area contributed by atoms with Gasteiger partial charge in [0.2, 0.25) is 0 Å². The average Bonchev–Trinajstić information content (AvgIpc) is 3.25. The number of piperidine rings is 1. The van der Waals surface area contributed by atoms with Gasteiger partial charge in [-0.05, 0) is 61.0 Å². The van der Waals surface area contributed by atoms with Gasteiger partial charge in [0.15, 0.2) is 0 Å². The van der Waals surface area contributed by atoms with Crippen LogP contribution in [0.1, 0.15) is 28.1 Å². The summed E-state index contributed by atoms with van der Waals surface area (Å²) in [7, 11) is 1.68. The second-order valence-electron chi connectivity index (χ2n) is 7.46. The van der Waals surface area contributed by atoms with Gasteiger partial charge in [0.05, 0.1) is 12.0 Å². The van der Waals surface area contributed by atoms with E-state index in [1.807, 2.05) is 23.6 Å². The lowest BCUT2D eigenvalue weighted by Gasteiger charge is -2.34. The van der Waals surface area contributed by atoms with E-state index in [-0.39, 0.29) is 11.9 Å². The normalized spacial score (nSPS) is 14.6. The molecule has 29 heavy (non-hydrogen) atoms. The number of methoxy groups -OCH3 is 1. The maximum absolute atomic E-state index is 12.9. The summed E-state index contributed by atoms with van der Waals surface area (Å²) in [6, 6.07) is 18.8. The summed E-state index contributed by atoms with van der Waals surface area (Å²) >= 11 is 1.51. The Morgan fingerprint density at radius 2 is 1.72 bits per heavy atom. The predicted molar refractivity (Wildman–Crippen MR) is 120 cm³/mol. The summed E-state index contributed by atoms with van der Waals surface area (Å²) in [6.07, 6.45) is 1.89. The van der Waals surface area contributed by atoms with Gasteiger partial charge in [-0.25, -0.2) is 0 Å². The lowest BCUT2D eigenvalue weighted by atomic mass is 10.0. The third kappa shape index (κ3) is 4.46. The standard InChI is InChI=1S/C24H26N2O2S/c1-17-3-5-18(6-4-17)22-13-16-29-23(22)24(27)25-19-11-14-26(15-12-19)20-7-9-21(28-2)10-8-20/h3-10,13,16,19H,11-12,14-15H2,1-2H3,(H,25,27). The number of hydrogen-bond acceptors (Lipinski definition) is 4. The molecule has 5 heteroatoms. The highest BCUT2D eigenvalue weighted by Crippen LogP contribution is 2.29. The van der Waals surface area contributed by atoms with E-state index < -0.39 is 0 Å². The summed E-state index contributed by atoms with van der Waals surface area (Å²) in [5.41, 5.74) is 4.54. The first-order valence-electron chi connectivity index (χ1n) is 9.98. The molecule has 1 aromatic heterocycles. The number of carbonyl (C=O) groups excluding carboxylic acids is 1. The number of amides is 1. The van der Waals surface area contributed by atoms with Crippen molar-refractivity contribution in [2.24, 2.45) is 0 Å². The number of nitrogens with zero attached hydrogens (tertiary/aromatic N) is 1. The van der Waals surface area contributed by atoms with Crippen LogP contribution in [0.3, 0.4) is 0 Å². The van der Waals surface area contributed by atoms with E-state index in [1.54, 1.807) is 7.11 Å². The van der Waals surface area contributed by atoms with Crippen LogP contribution >= 0.6 is 11.3 Å². The van der Waals surface area contributed by atoms with Gasteiger partial charge in [0.1, 0.15) is 5.75 Å². The summed E-state index contributed by atoms with van der Waals surface area (Å²) in [4.78, 5) is 16.1. The van der Waals surface area contributed by atoms with Crippen molar-refractivity contribution in [2.45, 2.75) is 25.8 Å². The molecule has 2 heterocycles. The Kier molecular flexibility index (Phi) is 5.86. The number of anilines is 1. The fourth-order valence-corrected chi connectivity index (χ4v) is 4.59. The van der Waals surface area contributed by atoms with E-state index >= 15 is 0 Å². The minimum Gasteiger partial charge on any atom is -0.497 e. The summed E-state index contributed by atoms with van der Waals surface area (Å²) in [5.74, 6) is 0.912. The highest BCUT2D eigenvalue weighted by molar-refractivity contribution is 7.12. The van der Waals surface area contributed by atoms with Crippen LogP contribution in [0, 0.1) is 6.92 Å². The van der Waals surface area contributed by atoms with Crippen molar-refractivity contribution < 1.29 is 9.53 Å². The molecule has 1 aliphatic rings. The zero-order valence-electron chi connectivity index (χ0n) is 16.9. The Labute approximate surface area is 176 Å². The minimum absolute atomic E-state index is 0.0403. The summed E-state index contributed by atoms with van der Waals surface area (Å²) < 4.78 is 5.24. The van der Waals surface area contributed by atoms with Crippen molar-refractivity contribution in [1.29, 1.82) is 0 Å². The molecule has 1 aliphatic heterocycles. The molecule has 0 atom stereocenters. The predicted octanol–water partition coefficient (Wildman–Crippen LogP) is 5.13. The Hall–Kier alpha value is -2.79. The molecule has 0 radical (unpaired) electrons. The van der Waals surface area contributed by atoms with E-state index in [9.17, 15) is 4.79 Å². The smallest absolute Gasteiger partial charge is 0.262 e. The van der Waals surface area contributed by atoms with Crippen LogP contribution in [0.5, 0.6) is 5.75 Å². The topological polar surface area (TPSA) is 41.6 Å². The van der Waals surface area contributed by atoms with E-state index in [4.69, 9.17) is 4.74 Å². The monoisotopic (exact) mass is 406 g/mol. The maximum atomic E-state index is 12.9. The molecule has 150 valence electrons. The van der Waals surface area contributed by atoms with Crippen LogP contribution in [0.4, 0.5) is 5.69 Å².